The molecule has 0 radical (unpaired) electrons. The Bertz CT molecular complexity index is 951. The highest BCUT2D eigenvalue weighted by Gasteiger charge is 2.27. The van der Waals surface area contributed by atoms with Crippen LogP contribution in [0.25, 0.3) is 0 Å². The smallest absolute Gasteiger partial charge is 0.287 e. The Morgan fingerprint density at radius 2 is 1.84 bits per heavy atom. The SMILES string of the molecule is O=C(NC(Cc1ccccc1)C(=O)NCC(c1cccs1)N1CCCC1)c1ccco1. The van der Waals surface area contributed by atoms with Crippen molar-refractivity contribution in [1.82, 2.24) is 15.5 Å². The molecule has 2 atom stereocenters. The van der Waals surface area contributed by atoms with Gasteiger partial charge in [0.05, 0.1) is 12.3 Å². The van der Waals surface area contributed by atoms with E-state index in [0.717, 1.165) is 18.7 Å². The zero-order valence-electron chi connectivity index (χ0n) is 17.3. The lowest BCUT2D eigenvalue weighted by Crippen LogP contribution is -2.49. The van der Waals surface area contributed by atoms with Gasteiger partial charge in [-0.05, 0) is 55.1 Å². The molecule has 2 aromatic heterocycles. The van der Waals surface area contributed by atoms with Gasteiger partial charge in [0, 0.05) is 17.8 Å². The monoisotopic (exact) mass is 437 g/mol. The zero-order valence-corrected chi connectivity index (χ0v) is 18.1. The van der Waals surface area contributed by atoms with Gasteiger partial charge in [-0.1, -0.05) is 36.4 Å². The van der Waals surface area contributed by atoms with E-state index in [1.807, 2.05) is 36.4 Å². The van der Waals surface area contributed by atoms with E-state index in [-0.39, 0.29) is 17.7 Å². The summed E-state index contributed by atoms with van der Waals surface area (Å²) < 4.78 is 5.19. The second-order valence-electron chi connectivity index (χ2n) is 7.71. The second-order valence-corrected chi connectivity index (χ2v) is 8.69. The van der Waals surface area contributed by atoms with Gasteiger partial charge in [0.1, 0.15) is 6.04 Å². The van der Waals surface area contributed by atoms with Crippen LogP contribution in [-0.2, 0) is 11.2 Å². The Morgan fingerprint density at radius 1 is 1.03 bits per heavy atom. The quantitative estimate of drug-likeness (QED) is 0.536. The number of rotatable bonds is 9. The zero-order chi connectivity index (χ0) is 21.5. The van der Waals surface area contributed by atoms with Crippen molar-refractivity contribution in [3.63, 3.8) is 0 Å². The Morgan fingerprint density at radius 3 is 2.52 bits per heavy atom. The van der Waals surface area contributed by atoms with Gasteiger partial charge >= 0.3 is 0 Å². The van der Waals surface area contributed by atoms with E-state index in [0.29, 0.717) is 13.0 Å². The first-order valence-corrected chi connectivity index (χ1v) is 11.5. The minimum atomic E-state index is -0.692. The Hall–Kier alpha value is -2.90. The van der Waals surface area contributed by atoms with E-state index in [9.17, 15) is 9.59 Å². The van der Waals surface area contributed by atoms with E-state index < -0.39 is 11.9 Å². The lowest BCUT2D eigenvalue weighted by Gasteiger charge is -2.28. The summed E-state index contributed by atoms with van der Waals surface area (Å²) in [6, 6.07) is 16.6. The van der Waals surface area contributed by atoms with E-state index in [4.69, 9.17) is 4.42 Å². The molecule has 0 bridgehead atoms. The molecule has 0 spiro atoms. The van der Waals surface area contributed by atoms with E-state index >= 15 is 0 Å². The van der Waals surface area contributed by atoms with Crippen molar-refractivity contribution in [3.8, 4) is 0 Å². The lowest BCUT2D eigenvalue weighted by molar-refractivity contribution is -0.123. The number of furan rings is 1. The van der Waals surface area contributed by atoms with Gasteiger partial charge in [0.15, 0.2) is 5.76 Å². The first-order valence-electron chi connectivity index (χ1n) is 10.6. The third-order valence-corrected chi connectivity index (χ3v) is 6.55. The maximum atomic E-state index is 13.2. The number of carbonyl (C=O) groups is 2. The standard InChI is InChI=1S/C24H27N3O3S/c28-23(25-17-20(22-11-7-15-31-22)27-12-4-5-13-27)19(16-18-8-2-1-3-9-18)26-24(29)21-10-6-14-30-21/h1-3,6-11,14-15,19-20H,4-5,12-13,16-17H2,(H,25,28)(H,26,29). The number of nitrogens with one attached hydrogen (secondary N) is 2. The van der Waals surface area contributed by atoms with E-state index in [2.05, 4.69) is 27.0 Å². The number of hydrogen-bond donors (Lipinski definition) is 2. The second kappa shape index (κ2) is 10.4. The fourth-order valence-electron chi connectivity index (χ4n) is 3.96. The van der Waals surface area contributed by atoms with Crippen molar-refractivity contribution in [2.45, 2.75) is 31.3 Å². The first kappa shape index (κ1) is 21.3. The number of likely N-dealkylation sites (tertiary alicyclic amines) is 1. The van der Waals surface area contributed by atoms with Crippen LogP contribution in [0.5, 0.6) is 0 Å². The molecule has 0 saturated carbocycles. The molecular weight excluding hydrogens is 410 g/mol. The predicted octanol–water partition coefficient (Wildman–Crippen LogP) is 3.64. The van der Waals surface area contributed by atoms with Crippen molar-refractivity contribution >= 4 is 23.2 Å². The summed E-state index contributed by atoms with van der Waals surface area (Å²) in [7, 11) is 0. The van der Waals surface area contributed by atoms with Gasteiger partial charge in [-0.25, -0.2) is 0 Å². The Kier molecular flexibility index (Phi) is 7.17. The minimum absolute atomic E-state index is 0.157. The molecule has 1 fully saturated rings. The largest absolute Gasteiger partial charge is 0.459 e. The van der Waals surface area contributed by atoms with Crippen LogP contribution in [0.2, 0.25) is 0 Å². The summed E-state index contributed by atoms with van der Waals surface area (Å²) in [5, 5.41) is 8.01. The molecule has 162 valence electrons. The molecule has 0 aliphatic carbocycles. The molecule has 2 amide bonds. The van der Waals surface area contributed by atoms with Crippen LogP contribution in [0.15, 0.2) is 70.7 Å². The summed E-state index contributed by atoms with van der Waals surface area (Å²) in [6.07, 6.45) is 4.23. The van der Waals surface area contributed by atoms with Crippen LogP contribution in [0.4, 0.5) is 0 Å². The summed E-state index contributed by atoms with van der Waals surface area (Å²) in [6.45, 7) is 2.60. The van der Waals surface area contributed by atoms with Crippen LogP contribution in [0.3, 0.4) is 0 Å². The fourth-order valence-corrected chi connectivity index (χ4v) is 4.82. The highest BCUT2D eigenvalue weighted by Crippen LogP contribution is 2.27. The molecule has 1 aliphatic rings. The number of carbonyl (C=O) groups excluding carboxylic acids is 2. The first-order chi connectivity index (χ1) is 15.2. The maximum Gasteiger partial charge on any atom is 0.287 e. The molecule has 3 heterocycles. The topological polar surface area (TPSA) is 74.6 Å². The fraction of sp³-hybridized carbons (Fsp3) is 0.333. The maximum absolute atomic E-state index is 13.2. The molecule has 7 heteroatoms. The van der Waals surface area contributed by atoms with Gasteiger partial charge in [-0.3, -0.25) is 14.5 Å². The molecule has 31 heavy (non-hydrogen) atoms. The third kappa shape index (κ3) is 5.62. The van der Waals surface area contributed by atoms with E-state index in [1.165, 1.54) is 24.0 Å². The number of amides is 2. The molecule has 2 unspecified atom stereocenters. The van der Waals surface area contributed by atoms with Gasteiger partial charge < -0.3 is 15.1 Å². The highest BCUT2D eigenvalue weighted by atomic mass is 32.1. The molecular formula is C24H27N3O3S. The summed E-state index contributed by atoms with van der Waals surface area (Å²) >= 11 is 1.71. The van der Waals surface area contributed by atoms with Crippen LogP contribution >= 0.6 is 11.3 Å². The van der Waals surface area contributed by atoms with Gasteiger partial charge in [-0.15, -0.1) is 11.3 Å². The van der Waals surface area contributed by atoms with E-state index in [1.54, 1.807) is 23.5 Å². The molecule has 4 rings (SSSR count). The van der Waals surface area contributed by atoms with Crippen molar-refractivity contribution in [2.24, 2.45) is 0 Å². The summed E-state index contributed by atoms with van der Waals surface area (Å²) in [5.41, 5.74) is 0.983. The predicted molar refractivity (Wildman–Crippen MR) is 121 cm³/mol. The lowest BCUT2D eigenvalue weighted by atomic mass is 10.0. The van der Waals surface area contributed by atoms with Crippen molar-refractivity contribution in [2.75, 3.05) is 19.6 Å². The van der Waals surface area contributed by atoms with Gasteiger partial charge in [-0.2, -0.15) is 0 Å². The van der Waals surface area contributed by atoms with Crippen LogP contribution in [0.1, 0.15) is 39.9 Å². The number of hydrogen-bond acceptors (Lipinski definition) is 5. The number of thiophene rings is 1. The number of nitrogens with zero attached hydrogens (tertiary/aromatic N) is 1. The Labute approximate surface area is 186 Å². The molecule has 2 N–H and O–H groups in total. The van der Waals surface area contributed by atoms with Gasteiger partial charge in [0.2, 0.25) is 5.91 Å². The molecule has 3 aromatic rings. The van der Waals surface area contributed by atoms with Crippen molar-refractivity contribution < 1.29 is 14.0 Å². The van der Waals surface area contributed by atoms with Crippen LogP contribution in [0, 0.1) is 0 Å². The molecule has 1 saturated heterocycles. The van der Waals surface area contributed by atoms with Crippen molar-refractivity contribution in [1.29, 1.82) is 0 Å². The van der Waals surface area contributed by atoms with Crippen LogP contribution in [-0.4, -0.2) is 42.4 Å². The van der Waals surface area contributed by atoms with Gasteiger partial charge in [0.25, 0.3) is 5.91 Å². The van der Waals surface area contributed by atoms with Crippen LogP contribution < -0.4 is 10.6 Å². The summed E-state index contributed by atoms with van der Waals surface area (Å²) in [5.74, 6) is -0.390. The normalized spacial score (nSPS) is 16.0. The van der Waals surface area contributed by atoms with Crippen molar-refractivity contribution in [3.05, 3.63) is 82.4 Å². The Balaban J connectivity index is 1.45. The highest BCUT2D eigenvalue weighted by molar-refractivity contribution is 7.10. The minimum Gasteiger partial charge on any atom is -0.459 e. The molecule has 1 aliphatic heterocycles. The average molecular weight is 438 g/mol. The summed E-state index contributed by atoms with van der Waals surface area (Å²) in [4.78, 5) is 29.4. The number of benzene rings is 1. The third-order valence-electron chi connectivity index (χ3n) is 5.57. The molecule has 6 nitrogen and oxygen atoms in total. The molecule has 1 aromatic carbocycles. The average Bonchev–Trinajstić information content (AvgIpc) is 3.58.